The summed E-state index contributed by atoms with van der Waals surface area (Å²) in [6.45, 7) is 19.6. The second kappa shape index (κ2) is 18.9. The molecule has 4 aromatic rings. The average Bonchev–Trinajstić information content (AvgIpc) is 3.18. The van der Waals surface area contributed by atoms with Crippen LogP contribution in [0.1, 0.15) is 70.9 Å². The number of benzene rings is 4. The molecule has 1 aliphatic heterocycles. The van der Waals surface area contributed by atoms with Gasteiger partial charge in [-0.05, 0) is 0 Å². The van der Waals surface area contributed by atoms with Crippen LogP contribution >= 0.6 is 0 Å². The molecule has 1 heterocycles. The molecule has 4 nitrogen and oxygen atoms in total. The topological polar surface area (TPSA) is 36.9 Å². The van der Waals surface area contributed by atoms with Crippen LogP contribution in [0.3, 0.4) is 0 Å². The van der Waals surface area contributed by atoms with Crippen LogP contribution in [0.25, 0.3) is 10.8 Å². The van der Waals surface area contributed by atoms with E-state index in [1.54, 1.807) is 0 Å². The number of hydrogen-bond donors (Lipinski definition) is 0. The molecule has 1 saturated heterocycles. The van der Waals surface area contributed by atoms with E-state index in [1.807, 2.05) is 0 Å². The van der Waals surface area contributed by atoms with Crippen LogP contribution in [0.4, 0.5) is 0 Å². The Morgan fingerprint density at radius 1 is 0.887 bits per heavy atom. The Morgan fingerprint density at radius 2 is 1.60 bits per heavy atom. The normalized spacial score (nSPS) is 27.2. The van der Waals surface area contributed by atoms with E-state index >= 15 is 0 Å². The fourth-order valence-corrected chi connectivity index (χ4v) is 10.5. The summed E-state index contributed by atoms with van der Waals surface area (Å²) in [5, 5.41) is 3.66. The van der Waals surface area contributed by atoms with Gasteiger partial charge in [-0.25, -0.2) is 0 Å². The van der Waals surface area contributed by atoms with Crippen molar-refractivity contribution in [2.75, 3.05) is 6.61 Å². The van der Waals surface area contributed by atoms with E-state index in [-0.39, 0.29) is 17.9 Å². The third-order valence-electron chi connectivity index (χ3n) is 11.8. The van der Waals surface area contributed by atoms with Crippen molar-refractivity contribution in [1.82, 2.24) is 0 Å². The standard InChI is InChI=1S/C48H60O4Se/c1-7-34(2)27-35(3)46-37(5)38(6)51-47(52-46)48(50-32-40-24-25-41-19-14-15-20-42(41)28-40)30-36(4)43(33-49-31-39-17-10-8-11-18-39)29-44(48)21-16-26-53-45-22-12-9-13-23-45/h7-15,17-20,22-25,28,34-37,43-44,46-47H,1,6,16,21,26-27,29-33H2,2-5H3/t34-,35-,36+,37-,43-,44+,46-,47+,48+/m1/s1. The monoisotopic (exact) mass is 780 g/mol. The Labute approximate surface area is 325 Å². The Balaban J connectivity index is 1.30. The Kier molecular flexibility index (Phi) is 14.1. The summed E-state index contributed by atoms with van der Waals surface area (Å²) < 4.78 is 29.4. The van der Waals surface area contributed by atoms with Crippen LogP contribution in [0.15, 0.2) is 128 Å². The predicted molar refractivity (Wildman–Crippen MR) is 220 cm³/mol. The molecule has 4 aromatic carbocycles. The van der Waals surface area contributed by atoms with Gasteiger partial charge < -0.3 is 0 Å². The molecule has 2 fully saturated rings. The summed E-state index contributed by atoms with van der Waals surface area (Å²) in [6.07, 6.45) is 6.52. The van der Waals surface area contributed by atoms with E-state index in [0.29, 0.717) is 51.8 Å². The van der Waals surface area contributed by atoms with Crippen molar-refractivity contribution in [2.45, 2.75) is 96.3 Å². The molecule has 5 heteroatoms. The summed E-state index contributed by atoms with van der Waals surface area (Å²) in [7, 11) is 0. The van der Waals surface area contributed by atoms with Gasteiger partial charge in [0.1, 0.15) is 0 Å². The molecule has 0 N–H and O–H groups in total. The van der Waals surface area contributed by atoms with Gasteiger partial charge in [-0.15, -0.1) is 6.58 Å². The van der Waals surface area contributed by atoms with E-state index in [0.717, 1.165) is 44.5 Å². The number of fused-ring (bicyclic) bond motifs is 1. The first-order valence-corrected chi connectivity index (χ1v) is 21.9. The molecule has 0 radical (unpaired) electrons. The zero-order valence-corrected chi connectivity index (χ0v) is 34.0. The van der Waals surface area contributed by atoms with Gasteiger partial charge in [0.05, 0.1) is 0 Å². The van der Waals surface area contributed by atoms with Crippen molar-refractivity contribution in [3.63, 3.8) is 0 Å². The summed E-state index contributed by atoms with van der Waals surface area (Å²) in [6, 6.07) is 36.7. The number of rotatable bonds is 17. The van der Waals surface area contributed by atoms with E-state index in [2.05, 4.69) is 150 Å². The molecule has 53 heavy (non-hydrogen) atoms. The molecule has 282 valence electrons. The molecule has 0 aromatic heterocycles. The average molecular weight is 780 g/mol. The summed E-state index contributed by atoms with van der Waals surface area (Å²) in [5.41, 5.74) is 1.74. The molecule has 9 atom stereocenters. The molecule has 6 rings (SSSR count). The number of hydrogen-bond acceptors (Lipinski definition) is 4. The van der Waals surface area contributed by atoms with Gasteiger partial charge in [-0.3, -0.25) is 0 Å². The van der Waals surface area contributed by atoms with Crippen molar-refractivity contribution in [3.8, 4) is 0 Å². The summed E-state index contributed by atoms with van der Waals surface area (Å²) >= 11 is 0.431. The maximum absolute atomic E-state index is 7.44. The molecule has 1 saturated carbocycles. The molecular weight excluding hydrogens is 719 g/mol. The van der Waals surface area contributed by atoms with Crippen LogP contribution in [0, 0.1) is 35.5 Å². The second-order valence-electron chi connectivity index (χ2n) is 15.8. The molecule has 0 spiro atoms. The van der Waals surface area contributed by atoms with Crippen molar-refractivity contribution in [3.05, 3.63) is 139 Å². The molecular formula is C48H60O4Se. The van der Waals surface area contributed by atoms with E-state index in [4.69, 9.17) is 18.9 Å². The van der Waals surface area contributed by atoms with Crippen LogP contribution in [-0.2, 0) is 32.2 Å². The number of ether oxygens (including phenoxy) is 4. The zero-order valence-electron chi connectivity index (χ0n) is 32.3. The molecule has 1 aliphatic carbocycles. The third-order valence-corrected chi connectivity index (χ3v) is 14.1. The first-order chi connectivity index (χ1) is 25.8. The van der Waals surface area contributed by atoms with Gasteiger partial charge in [0, 0.05) is 0 Å². The van der Waals surface area contributed by atoms with E-state index in [1.165, 1.54) is 31.7 Å². The van der Waals surface area contributed by atoms with Gasteiger partial charge in [-0.2, -0.15) is 0 Å². The molecule has 2 aliphatic rings. The third kappa shape index (κ3) is 10.1. The number of allylic oxidation sites excluding steroid dienone is 1. The molecule has 0 unspecified atom stereocenters. The van der Waals surface area contributed by atoms with Gasteiger partial charge in [0.2, 0.25) is 0 Å². The Morgan fingerprint density at radius 3 is 2.36 bits per heavy atom. The fraction of sp³-hybridized carbons (Fsp3) is 0.458. The van der Waals surface area contributed by atoms with Crippen molar-refractivity contribution in [1.29, 1.82) is 0 Å². The second-order valence-corrected chi connectivity index (χ2v) is 18.3. The van der Waals surface area contributed by atoms with Crippen molar-refractivity contribution >= 4 is 30.2 Å². The van der Waals surface area contributed by atoms with Gasteiger partial charge in [-0.1, -0.05) is 12.1 Å². The summed E-state index contributed by atoms with van der Waals surface area (Å²) in [4.78, 5) is 0. The van der Waals surface area contributed by atoms with Gasteiger partial charge in [0.25, 0.3) is 0 Å². The van der Waals surface area contributed by atoms with Crippen LogP contribution in [0.2, 0.25) is 5.32 Å². The van der Waals surface area contributed by atoms with Crippen molar-refractivity contribution in [2.24, 2.45) is 35.5 Å². The SMILES string of the molecule is C=C[C@@H](C)C[C@@H](C)[C@H]1O[C@@H]([C@]2(OCc3ccc4ccccc4c3)C[C@H](C)[C@@H](COCc3ccccc3)C[C@@H]2CCC[Se]c2ccccc2)OC(=C)[C@H]1C. The van der Waals surface area contributed by atoms with Crippen molar-refractivity contribution < 1.29 is 18.9 Å². The zero-order chi connectivity index (χ0) is 37.2. The Bertz CT molecular complexity index is 1740. The van der Waals surface area contributed by atoms with Crippen LogP contribution < -0.4 is 4.46 Å². The predicted octanol–water partition coefficient (Wildman–Crippen LogP) is 10.9. The van der Waals surface area contributed by atoms with Crippen LogP contribution in [0.5, 0.6) is 0 Å². The maximum atomic E-state index is 7.44. The summed E-state index contributed by atoms with van der Waals surface area (Å²) in [5.74, 6) is 2.60. The van der Waals surface area contributed by atoms with E-state index < -0.39 is 11.9 Å². The van der Waals surface area contributed by atoms with E-state index in [9.17, 15) is 0 Å². The Hall–Kier alpha value is -3.18. The first-order valence-electron chi connectivity index (χ1n) is 19.8. The van der Waals surface area contributed by atoms with Gasteiger partial charge in [0.15, 0.2) is 0 Å². The fourth-order valence-electron chi connectivity index (χ4n) is 8.62. The first kappa shape index (κ1) is 39.5. The molecule has 0 bridgehead atoms. The quantitative estimate of drug-likeness (QED) is 0.0608. The minimum atomic E-state index is -0.647. The van der Waals surface area contributed by atoms with Crippen LogP contribution in [-0.4, -0.2) is 39.6 Å². The minimum absolute atomic E-state index is 0.0194. The van der Waals surface area contributed by atoms with Gasteiger partial charge >= 0.3 is 308 Å². The molecule has 0 amide bonds.